The summed E-state index contributed by atoms with van der Waals surface area (Å²) in [6.45, 7) is 2.07. The highest BCUT2D eigenvalue weighted by Gasteiger charge is 2.38. The van der Waals surface area contributed by atoms with Gasteiger partial charge in [0.25, 0.3) is 5.91 Å². The van der Waals surface area contributed by atoms with Gasteiger partial charge in [-0.2, -0.15) is 5.26 Å². The Morgan fingerprint density at radius 2 is 2.05 bits per heavy atom. The van der Waals surface area contributed by atoms with Gasteiger partial charge in [0.2, 0.25) is 0 Å². The van der Waals surface area contributed by atoms with E-state index in [-0.39, 0.29) is 12.5 Å². The van der Waals surface area contributed by atoms with E-state index < -0.39 is 18.0 Å². The summed E-state index contributed by atoms with van der Waals surface area (Å²) in [7, 11) is 0. The lowest BCUT2D eigenvalue weighted by atomic mass is 10.00. The highest BCUT2D eigenvalue weighted by molar-refractivity contribution is 6.04. The second-order valence-corrected chi connectivity index (χ2v) is 4.83. The van der Waals surface area contributed by atoms with E-state index in [1.807, 2.05) is 37.3 Å². The van der Waals surface area contributed by atoms with Crippen molar-refractivity contribution >= 4 is 11.9 Å². The molecular formula is C15H17N3O2. The molecule has 1 N–H and O–H groups in total. The molecule has 0 radical (unpaired) electrons. The molecule has 1 heterocycles. The molecule has 2 unspecified atom stereocenters. The number of nitrogens with one attached hydrogen (secondary N) is 1. The number of carbonyl (C=O) groups excluding carboxylic acids is 2. The number of hydrogen-bond acceptors (Lipinski definition) is 3. The summed E-state index contributed by atoms with van der Waals surface area (Å²) in [4.78, 5) is 25.1. The van der Waals surface area contributed by atoms with E-state index in [2.05, 4.69) is 11.4 Å². The molecule has 0 spiro atoms. The number of hydrogen-bond donors (Lipinski definition) is 1. The fraction of sp³-hybridized carbons (Fsp3) is 0.400. The summed E-state index contributed by atoms with van der Waals surface area (Å²) in [5.74, 6) is -0.723. The van der Waals surface area contributed by atoms with Crippen LogP contribution < -0.4 is 5.32 Å². The minimum atomic E-state index is -0.494. The van der Waals surface area contributed by atoms with Gasteiger partial charge in [0.1, 0.15) is 6.04 Å². The highest BCUT2D eigenvalue weighted by Crippen LogP contribution is 2.19. The van der Waals surface area contributed by atoms with Gasteiger partial charge in [-0.05, 0) is 12.0 Å². The second kappa shape index (κ2) is 6.20. The van der Waals surface area contributed by atoms with Crippen molar-refractivity contribution in [2.75, 3.05) is 6.54 Å². The van der Waals surface area contributed by atoms with E-state index in [0.29, 0.717) is 6.42 Å². The Bertz CT molecular complexity index is 536. The third-order valence-electron chi connectivity index (χ3n) is 3.41. The molecular weight excluding hydrogens is 254 g/mol. The Morgan fingerprint density at radius 1 is 1.35 bits per heavy atom. The van der Waals surface area contributed by atoms with Gasteiger partial charge in [-0.3, -0.25) is 9.69 Å². The lowest BCUT2D eigenvalue weighted by Gasteiger charge is -2.17. The SMILES string of the molecule is CCCC1NC(=O)N(CC(C#N)c2ccccc2)C1=O. The predicted molar refractivity (Wildman–Crippen MR) is 73.7 cm³/mol. The van der Waals surface area contributed by atoms with Crippen LogP contribution in [0, 0.1) is 11.3 Å². The molecule has 1 aromatic rings. The predicted octanol–water partition coefficient (Wildman–Crippen LogP) is 2.01. The molecule has 0 saturated carbocycles. The van der Waals surface area contributed by atoms with E-state index in [1.165, 1.54) is 0 Å². The Morgan fingerprint density at radius 3 is 2.65 bits per heavy atom. The molecule has 20 heavy (non-hydrogen) atoms. The lowest BCUT2D eigenvalue weighted by Crippen LogP contribution is -2.35. The summed E-state index contributed by atoms with van der Waals surface area (Å²) >= 11 is 0. The van der Waals surface area contributed by atoms with Crippen LogP contribution in [0.3, 0.4) is 0 Å². The van der Waals surface area contributed by atoms with Crippen molar-refractivity contribution in [3.63, 3.8) is 0 Å². The Kier molecular flexibility index (Phi) is 4.36. The van der Waals surface area contributed by atoms with Crippen molar-refractivity contribution in [2.24, 2.45) is 0 Å². The molecule has 2 rings (SSSR count). The minimum Gasteiger partial charge on any atom is -0.326 e. The van der Waals surface area contributed by atoms with Crippen molar-refractivity contribution in [3.05, 3.63) is 35.9 Å². The first-order chi connectivity index (χ1) is 9.67. The minimum absolute atomic E-state index is 0.103. The maximum Gasteiger partial charge on any atom is 0.324 e. The zero-order chi connectivity index (χ0) is 14.5. The number of carbonyl (C=O) groups is 2. The fourth-order valence-electron chi connectivity index (χ4n) is 2.32. The smallest absolute Gasteiger partial charge is 0.324 e. The third kappa shape index (κ3) is 2.80. The zero-order valence-corrected chi connectivity index (χ0v) is 11.4. The van der Waals surface area contributed by atoms with E-state index in [9.17, 15) is 14.9 Å². The molecule has 104 valence electrons. The van der Waals surface area contributed by atoms with Crippen molar-refractivity contribution in [3.8, 4) is 6.07 Å². The molecule has 1 aliphatic heterocycles. The summed E-state index contributed by atoms with van der Waals surface area (Å²) in [5.41, 5.74) is 0.814. The number of rotatable bonds is 5. The van der Waals surface area contributed by atoms with Crippen LogP contribution in [-0.4, -0.2) is 29.4 Å². The molecule has 3 amide bonds. The summed E-state index contributed by atoms with van der Waals surface area (Å²) in [5, 5.41) is 11.9. The van der Waals surface area contributed by atoms with Crippen LogP contribution in [0.15, 0.2) is 30.3 Å². The van der Waals surface area contributed by atoms with Crippen LogP contribution in [-0.2, 0) is 4.79 Å². The second-order valence-electron chi connectivity index (χ2n) is 4.83. The van der Waals surface area contributed by atoms with Gasteiger partial charge in [0.15, 0.2) is 0 Å². The van der Waals surface area contributed by atoms with Crippen LogP contribution in [0.2, 0.25) is 0 Å². The van der Waals surface area contributed by atoms with Crippen LogP contribution in [0.25, 0.3) is 0 Å². The molecule has 1 aliphatic rings. The zero-order valence-electron chi connectivity index (χ0n) is 11.4. The van der Waals surface area contributed by atoms with Crippen molar-refractivity contribution in [1.82, 2.24) is 10.2 Å². The quantitative estimate of drug-likeness (QED) is 0.832. The van der Waals surface area contributed by atoms with Gasteiger partial charge < -0.3 is 5.32 Å². The topological polar surface area (TPSA) is 73.2 Å². The normalized spacial score (nSPS) is 19.6. The first kappa shape index (κ1) is 14.1. The van der Waals surface area contributed by atoms with Gasteiger partial charge in [0.05, 0.1) is 18.5 Å². The monoisotopic (exact) mass is 271 g/mol. The maximum atomic E-state index is 12.1. The standard InChI is InChI=1S/C15H17N3O2/c1-2-6-13-14(19)18(15(20)17-13)10-12(9-16)11-7-4-3-5-8-11/h3-5,7-8,12-13H,2,6,10H2,1H3,(H,17,20). The molecule has 5 heteroatoms. The van der Waals surface area contributed by atoms with E-state index in [4.69, 9.17) is 0 Å². The molecule has 2 atom stereocenters. The Balaban J connectivity index is 2.11. The van der Waals surface area contributed by atoms with Crippen molar-refractivity contribution in [1.29, 1.82) is 5.26 Å². The van der Waals surface area contributed by atoms with Crippen LogP contribution in [0.1, 0.15) is 31.2 Å². The molecule has 0 aromatic heterocycles. The number of nitrogens with zero attached hydrogens (tertiary/aromatic N) is 2. The van der Waals surface area contributed by atoms with Crippen LogP contribution >= 0.6 is 0 Å². The van der Waals surface area contributed by atoms with Gasteiger partial charge >= 0.3 is 6.03 Å². The average Bonchev–Trinajstić information content (AvgIpc) is 2.73. The van der Waals surface area contributed by atoms with E-state index in [1.54, 1.807) is 0 Å². The number of urea groups is 1. The van der Waals surface area contributed by atoms with E-state index in [0.717, 1.165) is 16.9 Å². The van der Waals surface area contributed by atoms with Crippen molar-refractivity contribution in [2.45, 2.75) is 31.7 Å². The maximum absolute atomic E-state index is 12.1. The molecule has 1 fully saturated rings. The summed E-state index contributed by atoms with van der Waals surface area (Å²) in [6.07, 6.45) is 1.45. The lowest BCUT2D eigenvalue weighted by molar-refractivity contribution is -0.127. The molecule has 5 nitrogen and oxygen atoms in total. The van der Waals surface area contributed by atoms with Gasteiger partial charge in [-0.25, -0.2) is 4.79 Å². The average molecular weight is 271 g/mol. The number of nitriles is 1. The van der Waals surface area contributed by atoms with Crippen molar-refractivity contribution < 1.29 is 9.59 Å². The molecule has 0 aliphatic carbocycles. The molecule has 1 aromatic carbocycles. The Labute approximate surface area is 118 Å². The summed E-state index contributed by atoms with van der Waals surface area (Å²) < 4.78 is 0. The van der Waals surface area contributed by atoms with Crippen LogP contribution in [0.5, 0.6) is 0 Å². The van der Waals surface area contributed by atoms with Crippen LogP contribution in [0.4, 0.5) is 4.79 Å². The van der Waals surface area contributed by atoms with Gasteiger partial charge in [-0.1, -0.05) is 43.7 Å². The number of benzene rings is 1. The van der Waals surface area contributed by atoms with Gasteiger partial charge in [-0.15, -0.1) is 0 Å². The number of amides is 3. The first-order valence-electron chi connectivity index (χ1n) is 6.73. The molecule has 0 bridgehead atoms. The summed E-state index contributed by atoms with van der Waals surface area (Å²) in [6, 6.07) is 10.5. The largest absolute Gasteiger partial charge is 0.326 e. The fourth-order valence-corrected chi connectivity index (χ4v) is 2.32. The first-order valence-corrected chi connectivity index (χ1v) is 6.73. The van der Waals surface area contributed by atoms with E-state index >= 15 is 0 Å². The number of imide groups is 1. The van der Waals surface area contributed by atoms with Gasteiger partial charge in [0, 0.05) is 0 Å². The third-order valence-corrected chi connectivity index (χ3v) is 3.41. The highest BCUT2D eigenvalue weighted by atomic mass is 16.2. The molecule has 1 saturated heterocycles. The Hall–Kier alpha value is -2.35.